The predicted molar refractivity (Wildman–Crippen MR) is 206 cm³/mol. The van der Waals surface area contributed by atoms with Crippen LogP contribution in [0.1, 0.15) is 68.0 Å². The summed E-state index contributed by atoms with van der Waals surface area (Å²) in [6.45, 7) is 18.1. The molecule has 0 aliphatic heterocycles. The Bertz CT molecular complexity index is 1430. The smallest absolute Gasteiger partial charge is 0.408 e. The van der Waals surface area contributed by atoms with Gasteiger partial charge in [0.1, 0.15) is 5.60 Å². The lowest BCUT2D eigenvalue weighted by molar-refractivity contribution is 0.0535. The lowest BCUT2D eigenvalue weighted by atomic mass is 10.2. The molecule has 12 heteroatoms. The van der Waals surface area contributed by atoms with Gasteiger partial charge in [0.15, 0.2) is 0 Å². The van der Waals surface area contributed by atoms with E-state index in [4.69, 9.17) is 44.1 Å². The minimum absolute atomic E-state index is 0. The second-order valence-electron chi connectivity index (χ2n) is 10.1. The van der Waals surface area contributed by atoms with Crippen molar-refractivity contribution in [2.45, 2.75) is 61.0 Å². The average Bonchev–Trinajstić information content (AvgIpc) is 3.04. The molecule has 0 saturated heterocycles. The third-order valence-electron chi connectivity index (χ3n) is 5.12. The van der Waals surface area contributed by atoms with E-state index < -0.39 is 11.7 Å². The lowest BCUT2D eigenvalue weighted by Gasteiger charge is -2.19. The highest BCUT2D eigenvalue weighted by atomic mass is 35.5. The van der Waals surface area contributed by atoms with Crippen molar-refractivity contribution in [3.05, 3.63) is 88.8 Å². The fraction of sp³-hybridized carbons (Fsp3) is 0.405. The molecule has 268 valence electrons. The molecule has 0 unspecified atom stereocenters. The Morgan fingerprint density at radius 1 is 0.755 bits per heavy atom. The Morgan fingerprint density at radius 2 is 1.10 bits per heavy atom. The van der Waals surface area contributed by atoms with E-state index in [1.165, 1.54) is 0 Å². The van der Waals surface area contributed by atoms with E-state index >= 15 is 0 Å². The van der Waals surface area contributed by atoms with Crippen LogP contribution >= 0.6 is 35.6 Å². The van der Waals surface area contributed by atoms with Crippen molar-refractivity contribution in [2.75, 3.05) is 38.2 Å². The number of aromatic nitrogens is 3. The Kier molecular flexibility index (Phi) is 33.0. The van der Waals surface area contributed by atoms with Crippen molar-refractivity contribution < 1.29 is 14.3 Å². The second-order valence-corrected chi connectivity index (χ2v) is 10.9. The molecule has 0 atom stereocenters. The van der Waals surface area contributed by atoms with Crippen LogP contribution in [0.25, 0.3) is 0 Å². The topological polar surface area (TPSA) is 138 Å². The number of halogens is 3. The van der Waals surface area contributed by atoms with Crippen molar-refractivity contribution in [2.24, 2.45) is 11.5 Å². The van der Waals surface area contributed by atoms with Gasteiger partial charge in [-0.25, -0.2) is 4.79 Å². The minimum atomic E-state index is -0.489. The number of alkyl carbamates (subject to hydrolysis) is 1. The van der Waals surface area contributed by atoms with Gasteiger partial charge in [0.05, 0.1) is 25.0 Å². The van der Waals surface area contributed by atoms with Gasteiger partial charge in [-0.3, -0.25) is 15.0 Å². The van der Waals surface area contributed by atoms with Crippen LogP contribution in [0.4, 0.5) is 4.79 Å². The molecule has 0 saturated carbocycles. The van der Waals surface area contributed by atoms with Crippen LogP contribution < -0.4 is 16.8 Å². The van der Waals surface area contributed by atoms with E-state index in [1.807, 2.05) is 73.6 Å². The first kappa shape index (κ1) is 49.5. The average molecular weight is 734 g/mol. The molecule has 0 aliphatic rings. The Hall–Kier alpha value is -3.85. The number of nitrogens with two attached hydrogens (primary N) is 2. The van der Waals surface area contributed by atoms with Crippen LogP contribution in [-0.4, -0.2) is 64.8 Å². The Labute approximate surface area is 310 Å². The number of carbonyl (C=O) groups is 1. The zero-order chi connectivity index (χ0) is 36.6. The summed E-state index contributed by atoms with van der Waals surface area (Å²) in [4.78, 5) is 23.2. The fourth-order valence-electron chi connectivity index (χ4n) is 2.85. The van der Waals surface area contributed by atoms with Crippen LogP contribution in [0.5, 0.6) is 0 Å². The molecule has 3 rings (SSSR count). The van der Waals surface area contributed by atoms with Crippen LogP contribution in [-0.2, 0) is 9.47 Å². The monoisotopic (exact) mass is 732 g/mol. The molecular weight excluding hydrogens is 683 g/mol. The molecule has 0 aromatic carbocycles. The normalized spacial score (nSPS) is 8.82. The highest BCUT2D eigenvalue weighted by Gasteiger charge is 2.15. The van der Waals surface area contributed by atoms with Crippen LogP contribution in [0.15, 0.2) is 55.4 Å². The van der Waals surface area contributed by atoms with Crippen molar-refractivity contribution in [1.29, 1.82) is 0 Å². The lowest BCUT2D eigenvalue weighted by Crippen LogP contribution is -2.32. The van der Waals surface area contributed by atoms with Crippen LogP contribution in [0.3, 0.4) is 0 Å². The molecule has 0 fully saturated rings. The zero-order valence-electron chi connectivity index (χ0n) is 29.8. The van der Waals surface area contributed by atoms with Crippen molar-refractivity contribution in [1.82, 2.24) is 20.3 Å². The highest BCUT2D eigenvalue weighted by molar-refractivity contribution is 6.40. The van der Waals surface area contributed by atoms with E-state index in [0.717, 1.165) is 46.6 Å². The first-order valence-electron chi connectivity index (χ1n) is 15.2. The number of hydrogen-bond donors (Lipinski definition) is 3. The standard InChI is InChI=1S/C14H18N2O2.2C9H10N2.C4H10O.CH2Cl2.ClH/c1-11-7-9-15-10-12(11)6-5-8-16-13(17)18-14(2,3)4;2*1-8-4-6-11-7-9(8)3-2-5-10;1-3-5-4-2;2-1-3;/h7,9-10H,8H2,1-4H3,(H,16,17);2*4,6-7H,5,10H2,1H3;3-4H2,1-2H3;1H2;1H. The summed E-state index contributed by atoms with van der Waals surface area (Å²) in [5, 5.41) is 2.77. The Balaban J connectivity index is -0.000000595. The van der Waals surface area contributed by atoms with E-state index in [0.29, 0.717) is 13.1 Å². The van der Waals surface area contributed by atoms with Gasteiger partial charge >= 0.3 is 6.09 Å². The number of carbonyl (C=O) groups excluding carboxylic acids is 1. The third-order valence-corrected chi connectivity index (χ3v) is 5.12. The molecule has 1 amide bonds. The van der Waals surface area contributed by atoms with Crippen LogP contribution in [0.2, 0.25) is 0 Å². The number of amides is 1. The third kappa shape index (κ3) is 30.0. The summed E-state index contributed by atoms with van der Waals surface area (Å²) in [5.74, 6) is 17.2. The molecule has 0 spiro atoms. The van der Waals surface area contributed by atoms with Gasteiger partial charge in [0.2, 0.25) is 0 Å². The number of nitrogens with one attached hydrogen (secondary N) is 1. The number of rotatable bonds is 3. The second kappa shape index (κ2) is 32.7. The predicted octanol–water partition coefficient (Wildman–Crippen LogP) is 6.55. The Morgan fingerprint density at radius 3 is 1.37 bits per heavy atom. The molecular formula is C37H51Cl3N6O3. The van der Waals surface area contributed by atoms with Crippen molar-refractivity contribution in [3.63, 3.8) is 0 Å². The SMILES string of the molecule is CCOCC.Cc1ccncc1C#CCN.Cc1ccncc1C#CCN.Cc1ccncc1C#CCNC(=O)OC(C)(C)C.Cl.ClCCl. The molecule has 0 radical (unpaired) electrons. The maximum absolute atomic E-state index is 11.3. The van der Waals surface area contributed by atoms with Gasteiger partial charge in [0.25, 0.3) is 0 Å². The number of alkyl halides is 2. The molecule has 5 N–H and O–H groups in total. The summed E-state index contributed by atoms with van der Waals surface area (Å²) < 4.78 is 9.92. The molecule has 3 heterocycles. The van der Waals surface area contributed by atoms with Gasteiger partial charge in [-0.1, -0.05) is 35.5 Å². The summed E-state index contributed by atoms with van der Waals surface area (Å²) >= 11 is 9.53. The molecule has 9 nitrogen and oxygen atoms in total. The molecule has 3 aromatic heterocycles. The van der Waals surface area contributed by atoms with Gasteiger partial charge in [-0.15, -0.1) is 35.6 Å². The van der Waals surface area contributed by atoms with E-state index in [1.54, 1.807) is 37.2 Å². The van der Waals surface area contributed by atoms with Gasteiger partial charge < -0.3 is 26.3 Å². The van der Waals surface area contributed by atoms with Crippen LogP contribution in [0, 0.1) is 56.3 Å². The summed E-state index contributed by atoms with van der Waals surface area (Å²) in [5.41, 5.74) is 16.1. The number of nitrogens with zero attached hydrogens (tertiary/aromatic N) is 3. The molecule has 0 aliphatic carbocycles. The van der Waals surface area contributed by atoms with Gasteiger partial charge in [-0.2, -0.15) is 0 Å². The summed E-state index contributed by atoms with van der Waals surface area (Å²) in [6.07, 6.45) is 9.97. The highest BCUT2D eigenvalue weighted by Crippen LogP contribution is 2.06. The number of hydrogen-bond acceptors (Lipinski definition) is 8. The largest absolute Gasteiger partial charge is 0.444 e. The van der Waals surface area contributed by atoms with E-state index in [2.05, 4.69) is 55.8 Å². The maximum atomic E-state index is 11.3. The van der Waals surface area contributed by atoms with E-state index in [-0.39, 0.29) is 24.3 Å². The summed E-state index contributed by atoms with van der Waals surface area (Å²) in [7, 11) is 0. The number of ether oxygens (including phenoxy) is 2. The molecule has 0 bridgehead atoms. The molecule has 49 heavy (non-hydrogen) atoms. The van der Waals surface area contributed by atoms with Crippen molar-refractivity contribution >= 4 is 41.7 Å². The summed E-state index contributed by atoms with van der Waals surface area (Å²) in [6, 6.07) is 5.76. The van der Waals surface area contributed by atoms with Gasteiger partial charge in [-0.05, 0) is 90.3 Å². The first-order valence-corrected chi connectivity index (χ1v) is 16.2. The maximum Gasteiger partial charge on any atom is 0.408 e. The zero-order valence-corrected chi connectivity index (χ0v) is 32.2. The number of aryl methyl sites for hydroxylation is 3. The van der Waals surface area contributed by atoms with E-state index in [9.17, 15) is 4.79 Å². The minimum Gasteiger partial charge on any atom is -0.444 e. The van der Waals surface area contributed by atoms with Crippen molar-refractivity contribution in [3.8, 4) is 35.5 Å². The quantitative estimate of drug-likeness (QED) is 0.204. The number of pyridine rings is 3. The first-order chi connectivity index (χ1) is 22.9. The van der Waals surface area contributed by atoms with Gasteiger partial charge in [0, 0.05) is 67.1 Å². The fourth-order valence-corrected chi connectivity index (χ4v) is 2.85. The molecule has 3 aromatic rings.